The SMILES string of the molecule is O=C1CCC(=O)N1CCC1CNc2ccccc21. The van der Waals surface area contributed by atoms with Gasteiger partial charge in [-0.3, -0.25) is 14.5 Å². The minimum atomic E-state index is -0.0146. The minimum Gasteiger partial charge on any atom is -0.384 e. The zero-order valence-corrected chi connectivity index (χ0v) is 10.2. The lowest BCUT2D eigenvalue weighted by atomic mass is 9.98. The maximum Gasteiger partial charge on any atom is 0.229 e. The van der Waals surface area contributed by atoms with E-state index in [4.69, 9.17) is 0 Å². The molecule has 0 bridgehead atoms. The van der Waals surface area contributed by atoms with Crippen LogP contribution in [0.1, 0.15) is 30.7 Å². The van der Waals surface area contributed by atoms with Gasteiger partial charge in [0, 0.05) is 37.5 Å². The Morgan fingerprint density at radius 1 is 1.17 bits per heavy atom. The van der Waals surface area contributed by atoms with Crippen LogP contribution in [0.15, 0.2) is 24.3 Å². The molecule has 1 atom stereocenters. The molecule has 4 nitrogen and oxygen atoms in total. The van der Waals surface area contributed by atoms with Gasteiger partial charge in [0.15, 0.2) is 0 Å². The second kappa shape index (κ2) is 4.44. The van der Waals surface area contributed by atoms with Gasteiger partial charge in [-0.2, -0.15) is 0 Å². The van der Waals surface area contributed by atoms with Gasteiger partial charge < -0.3 is 5.32 Å². The quantitative estimate of drug-likeness (QED) is 0.824. The predicted molar refractivity (Wildman–Crippen MR) is 68.2 cm³/mol. The zero-order chi connectivity index (χ0) is 12.5. The van der Waals surface area contributed by atoms with E-state index in [-0.39, 0.29) is 11.8 Å². The van der Waals surface area contributed by atoms with Gasteiger partial charge in [-0.1, -0.05) is 18.2 Å². The predicted octanol–water partition coefficient (Wildman–Crippen LogP) is 1.73. The van der Waals surface area contributed by atoms with Gasteiger partial charge in [0.1, 0.15) is 0 Å². The summed E-state index contributed by atoms with van der Waals surface area (Å²) < 4.78 is 0. The van der Waals surface area contributed by atoms with E-state index < -0.39 is 0 Å². The Morgan fingerprint density at radius 2 is 1.89 bits per heavy atom. The van der Waals surface area contributed by atoms with Crippen molar-refractivity contribution < 1.29 is 9.59 Å². The average Bonchev–Trinajstić information content (AvgIpc) is 2.93. The van der Waals surface area contributed by atoms with Gasteiger partial charge in [0.2, 0.25) is 11.8 Å². The number of anilines is 1. The van der Waals surface area contributed by atoms with E-state index >= 15 is 0 Å². The second-order valence-electron chi connectivity index (χ2n) is 4.89. The molecule has 0 aromatic heterocycles. The van der Waals surface area contributed by atoms with Gasteiger partial charge in [-0.15, -0.1) is 0 Å². The minimum absolute atomic E-state index is 0.0146. The molecule has 2 heterocycles. The first-order valence-corrected chi connectivity index (χ1v) is 6.41. The Balaban J connectivity index is 1.65. The molecule has 2 aliphatic rings. The number of hydrogen-bond donors (Lipinski definition) is 1. The summed E-state index contributed by atoms with van der Waals surface area (Å²) >= 11 is 0. The van der Waals surface area contributed by atoms with Gasteiger partial charge in [-0.25, -0.2) is 0 Å². The van der Waals surface area contributed by atoms with Crippen LogP contribution < -0.4 is 5.32 Å². The van der Waals surface area contributed by atoms with Gasteiger partial charge in [0.05, 0.1) is 0 Å². The molecule has 2 amide bonds. The van der Waals surface area contributed by atoms with Gasteiger partial charge >= 0.3 is 0 Å². The van der Waals surface area contributed by atoms with Crippen molar-refractivity contribution in [2.45, 2.75) is 25.2 Å². The Bertz CT molecular complexity index is 482. The van der Waals surface area contributed by atoms with Crippen LogP contribution in [0.2, 0.25) is 0 Å². The molecule has 0 radical (unpaired) electrons. The molecule has 1 unspecified atom stereocenters. The summed E-state index contributed by atoms with van der Waals surface area (Å²) in [6.45, 7) is 1.45. The van der Waals surface area contributed by atoms with Crippen LogP contribution in [0.3, 0.4) is 0 Å². The molecular formula is C14H16N2O2. The highest BCUT2D eigenvalue weighted by molar-refractivity contribution is 6.01. The number of amides is 2. The molecule has 1 N–H and O–H groups in total. The number of carbonyl (C=O) groups excluding carboxylic acids is 2. The molecule has 2 aliphatic heterocycles. The summed E-state index contributed by atoms with van der Waals surface area (Å²) in [4.78, 5) is 24.5. The number of likely N-dealkylation sites (tertiary alicyclic amines) is 1. The normalized spacial score (nSPS) is 22.2. The fourth-order valence-corrected chi connectivity index (χ4v) is 2.77. The summed E-state index contributed by atoms with van der Waals surface area (Å²) in [5.41, 5.74) is 2.48. The number of hydrogen-bond acceptors (Lipinski definition) is 3. The van der Waals surface area contributed by atoms with Crippen LogP contribution in [0.4, 0.5) is 5.69 Å². The first-order chi connectivity index (χ1) is 8.75. The van der Waals surface area contributed by atoms with E-state index in [0.717, 1.165) is 13.0 Å². The van der Waals surface area contributed by atoms with Crippen molar-refractivity contribution in [3.05, 3.63) is 29.8 Å². The summed E-state index contributed by atoms with van der Waals surface area (Å²) in [5.74, 6) is 0.376. The van der Waals surface area contributed by atoms with Crippen molar-refractivity contribution in [3.63, 3.8) is 0 Å². The van der Waals surface area contributed by atoms with Crippen LogP contribution in [-0.4, -0.2) is 29.8 Å². The van der Waals surface area contributed by atoms with E-state index in [1.807, 2.05) is 12.1 Å². The third kappa shape index (κ3) is 1.88. The molecule has 18 heavy (non-hydrogen) atoms. The van der Waals surface area contributed by atoms with E-state index in [1.165, 1.54) is 16.2 Å². The highest BCUT2D eigenvalue weighted by atomic mass is 16.2. The largest absolute Gasteiger partial charge is 0.384 e. The molecule has 1 saturated heterocycles. The molecule has 1 aromatic rings. The van der Waals surface area contributed by atoms with E-state index in [9.17, 15) is 9.59 Å². The number of nitrogens with one attached hydrogen (secondary N) is 1. The second-order valence-corrected chi connectivity index (χ2v) is 4.89. The lowest BCUT2D eigenvalue weighted by molar-refractivity contribution is -0.138. The van der Waals surface area contributed by atoms with Crippen molar-refractivity contribution in [3.8, 4) is 0 Å². The number of fused-ring (bicyclic) bond motifs is 1. The topological polar surface area (TPSA) is 49.4 Å². The first kappa shape index (κ1) is 11.3. The maximum atomic E-state index is 11.5. The van der Waals surface area contributed by atoms with Crippen molar-refractivity contribution in [1.82, 2.24) is 4.90 Å². The monoisotopic (exact) mass is 244 g/mol. The van der Waals surface area contributed by atoms with E-state index in [0.29, 0.717) is 25.3 Å². The zero-order valence-electron chi connectivity index (χ0n) is 10.2. The summed E-state index contributed by atoms with van der Waals surface area (Å²) in [5, 5.41) is 3.36. The molecule has 1 aromatic carbocycles. The van der Waals surface area contributed by atoms with E-state index in [2.05, 4.69) is 17.4 Å². The summed E-state index contributed by atoms with van der Waals surface area (Å²) in [6, 6.07) is 8.24. The number of imide groups is 1. The number of rotatable bonds is 3. The maximum absolute atomic E-state index is 11.5. The molecule has 0 saturated carbocycles. The Labute approximate surface area is 106 Å². The summed E-state index contributed by atoms with van der Waals surface area (Å²) in [7, 11) is 0. The highest BCUT2D eigenvalue weighted by Gasteiger charge is 2.30. The lowest BCUT2D eigenvalue weighted by Crippen LogP contribution is -2.31. The van der Waals surface area contributed by atoms with E-state index in [1.54, 1.807) is 0 Å². The van der Waals surface area contributed by atoms with Crippen LogP contribution in [0.5, 0.6) is 0 Å². The molecule has 94 valence electrons. The molecule has 0 aliphatic carbocycles. The van der Waals surface area contributed by atoms with Crippen molar-refractivity contribution in [1.29, 1.82) is 0 Å². The Kier molecular flexibility index (Phi) is 2.78. The number of para-hydroxylation sites is 1. The smallest absolute Gasteiger partial charge is 0.229 e. The average molecular weight is 244 g/mol. The fraction of sp³-hybridized carbons (Fsp3) is 0.429. The standard InChI is InChI=1S/C14H16N2O2/c17-13-5-6-14(18)16(13)8-7-10-9-15-12-4-2-1-3-11(10)12/h1-4,10,15H,5-9H2. The van der Waals surface area contributed by atoms with Crippen molar-refractivity contribution in [2.24, 2.45) is 0 Å². The lowest BCUT2D eigenvalue weighted by Gasteiger charge is -2.16. The first-order valence-electron chi connectivity index (χ1n) is 6.41. The summed E-state index contributed by atoms with van der Waals surface area (Å²) in [6.07, 6.45) is 1.62. The van der Waals surface area contributed by atoms with Crippen LogP contribution in [0.25, 0.3) is 0 Å². The fourth-order valence-electron chi connectivity index (χ4n) is 2.77. The Hall–Kier alpha value is -1.84. The van der Waals surface area contributed by atoms with Crippen LogP contribution in [0, 0.1) is 0 Å². The molecular weight excluding hydrogens is 228 g/mol. The molecule has 4 heteroatoms. The molecule has 3 rings (SSSR count). The number of benzene rings is 1. The van der Waals surface area contributed by atoms with Gasteiger partial charge in [-0.05, 0) is 18.1 Å². The van der Waals surface area contributed by atoms with Crippen molar-refractivity contribution >= 4 is 17.5 Å². The number of carbonyl (C=O) groups is 2. The number of nitrogens with zero attached hydrogens (tertiary/aromatic N) is 1. The Morgan fingerprint density at radius 3 is 2.67 bits per heavy atom. The van der Waals surface area contributed by atoms with Crippen LogP contribution in [-0.2, 0) is 9.59 Å². The third-order valence-electron chi connectivity index (χ3n) is 3.80. The highest BCUT2D eigenvalue weighted by Crippen LogP contribution is 2.33. The van der Waals surface area contributed by atoms with Crippen LogP contribution >= 0.6 is 0 Å². The third-order valence-corrected chi connectivity index (χ3v) is 3.80. The molecule has 0 spiro atoms. The van der Waals surface area contributed by atoms with Crippen molar-refractivity contribution in [2.75, 3.05) is 18.4 Å². The van der Waals surface area contributed by atoms with Gasteiger partial charge in [0.25, 0.3) is 0 Å². The molecule has 1 fully saturated rings.